The minimum absolute atomic E-state index is 0.202. The summed E-state index contributed by atoms with van der Waals surface area (Å²) in [5.74, 6) is -1.15. The molecule has 0 saturated carbocycles. The van der Waals surface area contributed by atoms with E-state index >= 15 is 0 Å². The molecule has 3 rings (SSSR count). The van der Waals surface area contributed by atoms with E-state index in [0.717, 1.165) is 11.8 Å². The summed E-state index contributed by atoms with van der Waals surface area (Å²) in [6, 6.07) is 4.54. The SMILES string of the molecule is CC1CC(OC(=O)c2ccc3c(c2)CC(C)N3S(C)(=O)=O)C(=O)O1. The molecule has 0 radical (unpaired) electrons. The molecule has 1 aromatic carbocycles. The summed E-state index contributed by atoms with van der Waals surface area (Å²) in [7, 11) is -3.37. The molecule has 2 aliphatic heterocycles. The van der Waals surface area contributed by atoms with Gasteiger partial charge in [-0.15, -0.1) is 0 Å². The lowest BCUT2D eigenvalue weighted by atomic mass is 10.1. The van der Waals surface area contributed by atoms with Crippen molar-refractivity contribution in [2.45, 2.75) is 44.9 Å². The number of fused-ring (bicyclic) bond motifs is 1. The molecular weight excluding hydrogens is 334 g/mol. The fraction of sp³-hybridized carbons (Fsp3) is 0.500. The third-order valence-corrected chi connectivity index (χ3v) is 5.47. The van der Waals surface area contributed by atoms with Gasteiger partial charge in [-0.25, -0.2) is 18.0 Å². The van der Waals surface area contributed by atoms with E-state index in [4.69, 9.17) is 9.47 Å². The fourth-order valence-corrected chi connectivity index (χ4v) is 4.51. The lowest BCUT2D eigenvalue weighted by molar-refractivity contribution is -0.147. The number of esters is 2. The monoisotopic (exact) mass is 353 g/mol. The average molecular weight is 353 g/mol. The van der Waals surface area contributed by atoms with Crippen LogP contribution in [0.2, 0.25) is 0 Å². The molecule has 8 heteroatoms. The zero-order valence-corrected chi connectivity index (χ0v) is 14.5. The predicted octanol–water partition coefficient (Wildman–Crippen LogP) is 1.26. The van der Waals surface area contributed by atoms with Gasteiger partial charge in [-0.2, -0.15) is 0 Å². The summed E-state index contributed by atoms with van der Waals surface area (Å²) in [4.78, 5) is 23.8. The highest BCUT2D eigenvalue weighted by atomic mass is 32.2. The Labute approximate surface area is 140 Å². The molecule has 0 N–H and O–H groups in total. The van der Waals surface area contributed by atoms with Crippen molar-refractivity contribution in [2.75, 3.05) is 10.6 Å². The standard InChI is InChI=1S/C16H19NO6S/c1-9-6-12-8-11(4-5-13(12)17(9)24(3,20)21)15(18)23-14-7-10(2)22-16(14)19/h4-5,8-10,14H,6-7H2,1-3H3. The van der Waals surface area contributed by atoms with Crippen LogP contribution in [0.4, 0.5) is 5.69 Å². The van der Waals surface area contributed by atoms with Gasteiger partial charge in [-0.3, -0.25) is 4.31 Å². The van der Waals surface area contributed by atoms with Crippen molar-refractivity contribution in [1.29, 1.82) is 0 Å². The number of cyclic esters (lactones) is 1. The van der Waals surface area contributed by atoms with Crippen LogP contribution in [0, 0.1) is 0 Å². The molecule has 0 aliphatic carbocycles. The molecule has 130 valence electrons. The quantitative estimate of drug-likeness (QED) is 0.760. The van der Waals surface area contributed by atoms with Gasteiger partial charge in [0.15, 0.2) is 0 Å². The molecular formula is C16H19NO6S. The van der Waals surface area contributed by atoms with Crippen LogP contribution >= 0.6 is 0 Å². The average Bonchev–Trinajstić information content (AvgIpc) is 2.95. The number of carbonyl (C=O) groups excluding carboxylic acids is 2. The van der Waals surface area contributed by atoms with E-state index in [0.29, 0.717) is 24.1 Å². The van der Waals surface area contributed by atoms with Crippen LogP contribution < -0.4 is 4.31 Å². The molecule has 3 unspecified atom stereocenters. The van der Waals surface area contributed by atoms with Gasteiger partial charge in [0.05, 0.1) is 17.5 Å². The molecule has 2 aliphatic rings. The second kappa shape index (κ2) is 5.77. The molecule has 0 aromatic heterocycles. The molecule has 2 heterocycles. The molecule has 1 saturated heterocycles. The third-order valence-electron chi connectivity index (χ3n) is 4.20. The Bertz CT molecular complexity index is 803. The van der Waals surface area contributed by atoms with Crippen LogP contribution in [-0.4, -0.2) is 44.9 Å². The highest BCUT2D eigenvalue weighted by Gasteiger charge is 2.36. The number of ether oxygens (including phenoxy) is 2. The number of carbonyl (C=O) groups is 2. The van der Waals surface area contributed by atoms with E-state index in [1.165, 1.54) is 10.4 Å². The second-order valence-electron chi connectivity index (χ2n) is 6.33. The topological polar surface area (TPSA) is 90.0 Å². The smallest absolute Gasteiger partial charge is 0.347 e. The zero-order valence-electron chi connectivity index (χ0n) is 13.7. The number of benzene rings is 1. The van der Waals surface area contributed by atoms with Crippen molar-refractivity contribution >= 4 is 27.6 Å². The maximum Gasteiger partial charge on any atom is 0.347 e. The van der Waals surface area contributed by atoms with Gasteiger partial charge in [0, 0.05) is 12.5 Å². The maximum absolute atomic E-state index is 12.3. The van der Waals surface area contributed by atoms with Crippen molar-refractivity contribution < 1.29 is 27.5 Å². The normalized spacial score (nSPS) is 26.2. The first-order valence-corrected chi connectivity index (χ1v) is 9.55. The molecule has 1 aromatic rings. The summed E-state index contributed by atoms with van der Waals surface area (Å²) in [6.07, 6.45) is 0.875. The highest BCUT2D eigenvalue weighted by molar-refractivity contribution is 7.92. The summed E-state index contributed by atoms with van der Waals surface area (Å²) in [6.45, 7) is 3.55. The van der Waals surface area contributed by atoms with Crippen molar-refractivity contribution in [3.05, 3.63) is 29.3 Å². The molecule has 0 bridgehead atoms. The first-order chi connectivity index (χ1) is 11.2. The molecule has 7 nitrogen and oxygen atoms in total. The second-order valence-corrected chi connectivity index (χ2v) is 8.19. The van der Waals surface area contributed by atoms with Gasteiger partial charge in [-0.05, 0) is 44.0 Å². The van der Waals surface area contributed by atoms with Crippen molar-refractivity contribution in [1.82, 2.24) is 0 Å². The minimum atomic E-state index is -3.37. The Hall–Kier alpha value is -2.09. The fourth-order valence-electron chi connectivity index (χ4n) is 3.25. The molecule has 0 spiro atoms. The Morgan fingerprint density at radius 3 is 2.62 bits per heavy atom. The lowest BCUT2D eigenvalue weighted by Gasteiger charge is -2.21. The number of anilines is 1. The largest absolute Gasteiger partial charge is 0.460 e. The number of sulfonamides is 1. The number of hydrogen-bond acceptors (Lipinski definition) is 6. The summed E-state index contributed by atoms with van der Waals surface area (Å²) in [5.41, 5.74) is 1.64. The first-order valence-electron chi connectivity index (χ1n) is 7.70. The van der Waals surface area contributed by atoms with Crippen LogP contribution in [0.25, 0.3) is 0 Å². The van der Waals surface area contributed by atoms with Gasteiger partial charge in [0.25, 0.3) is 0 Å². The van der Waals surface area contributed by atoms with Crippen LogP contribution in [0.3, 0.4) is 0 Å². The number of rotatable bonds is 3. The molecule has 0 amide bonds. The van der Waals surface area contributed by atoms with Crippen molar-refractivity contribution in [2.24, 2.45) is 0 Å². The van der Waals surface area contributed by atoms with Gasteiger partial charge >= 0.3 is 11.9 Å². The van der Waals surface area contributed by atoms with Gasteiger partial charge in [0.2, 0.25) is 16.1 Å². The van der Waals surface area contributed by atoms with Crippen LogP contribution in [0.5, 0.6) is 0 Å². The van der Waals surface area contributed by atoms with Crippen LogP contribution in [-0.2, 0) is 30.7 Å². The van der Waals surface area contributed by atoms with E-state index < -0.39 is 28.1 Å². The van der Waals surface area contributed by atoms with Gasteiger partial charge < -0.3 is 9.47 Å². The highest BCUT2D eigenvalue weighted by Crippen LogP contribution is 2.35. The summed E-state index contributed by atoms with van der Waals surface area (Å²) < 4.78 is 35.3. The summed E-state index contributed by atoms with van der Waals surface area (Å²) >= 11 is 0. The molecule has 1 fully saturated rings. The minimum Gasteiger partial charge on any atom is -0.460 e. The zero-order chi connectivity index (χ0) is 17.6. The summed E-state index contributed by atoms with van der Waals surface area (Å²) in [5, 5.41) is 0. The maximum atomic E-state index is 12.3. The van der Waals surface area contributed by atoms with Crippen molar-refractivity contribution in [3.63, 3.8) is 0 Å². The van der Waals surface area contributed by atoms with Crippen molar-refractivity contribution in [3.8, 4) is 0 Å². The number of nitrogens with zero attached hydrogens (tertiary/aromatic N) is 1. The van der Waals surface area contributed by atoms with Crippen LogP contribution in [0.15, 0.2) is 18.2 Å². The predicted molar refractivity (Wildman–Crippen MR) is 86.3 cm³/mol. The van der Waals surface area contributed by atoms with E-state index in [2.05, 4.69) is 0 Å². The lowest BCUT2D eigenvalue weighted by Crippen LogP contribution is -2.34. The Balaban J connectivity index is 1.81. The third kappa shape index (κ3) is 2.98. The first kappa shape index (κ1) is 16.8. The van der Waals surface area contributed by atoms with Crippen LogP contribution in [0.1, 0.15) is 36.2 Å². The van der Waals surface area contributed by atoms with E-state index in [9.17, 15) is 18.0 Å². The van der Waals surface area contributed by atoms with Gasteiger partial charge in [-0.1, -0.05) is 0 Å². The Morgan fingerprint density at radius 2 is 2.04 bits per heavy atom. The van der Waals surface area contributed by atoms with E-state index in [1.807, 2.05) is 6.92 Å². The van der Waals surface area contributed by atoms with E-state index in [-0.39, 0.29) is 12.1 Å². The Morgan fingerprint density at radius 1 is 1.33 bits per heavy atom. The molecule has 3 atom stereocenters. The number of hydrogen-bond donors (Lipinski definition) is 0. The van der Waals surface area contributed by atoms with Gasteiger partial charge in [0.1, 0.15) is 6.10 Å². The Kier molecular flexibility index (Phi) is 4.03. The molecule has 24 heavy (non-hydrogen) atoms. The van der Waals surface area contributed by atoms with E-state index in [1.54, 1.807) is 19.1 Å².